The summed E-state index contributed by atoms with van der Waals surface area (Å²) in [5, 5.41) is 3.70. The molecule has 1 N–H and O–H groups in total. The van der Waals surface area contributed by atoms with Gasteiger partial charge in [0.05, 0.1) is 18.5 Å². The third kappa shape index (κ3) is 4.16. The Morgan fingerprint density at radius 1 is 1.33 bits per heavy atom. The lowest BCUT2D eigenvalue weighted by atomic mass is 10.2. The molecule has 2 aromatic rings. The van der Waals surface area contributed by atoms with E-state index in [1.807, 2.05) is 13.0 Å². The molecule has 2 aromatic heterocycles. The van der Waals surface area contributed by atoms with Gasteiger partial charge in [-0.1, -0.05) is 17.7 Å². The van der Waals surface area contributed by atoms with E-state index in [1.54, 1.807) is 31.3 Å². The van der Waals surface area contributed by atoms with Crippen LogP contribution in [0.1, 0.15) is 28.7 Å². The van der Waals surface area contributed by atoms with Crippen LogP contribution in [0.25, 0.3) is 0 Å². The lowest BCUT2D eigenvalue weighted by molar-refractivity contribution is 0.0519. The first-order chi connectivity index (χ1) is 10.1. The third-order valence-corrected chi connectivity index (χ3v) is 3.10. The van der Waals surface area contributed by atoms with Crippen molar-refractivity contribution in [2.75, 3.05) is 11.9 Å². The molecule has 0 atom stereocenters. The summed E-state index contributed by atoms with van der Waals surface area (Å²) in [6.07, 6.45) is 1.60. The number of carbonyl (C=O) groups is 1. The predicted molar refractivity (Wildman–Crippen MR) is 81.5 cm³/mol. The highest BCUT2D eigenvalue weighted by Crippen LogP contribution is 2.13. The Labute approximate surface area is 128 Å². The highest BCUT2D eigenvalue weighted by atomic mass is 35.5. The lowest BCUT2D eigenvalue weighted by Gasteiger charge is -2.09. The molecule has 0 spiro atoms. The molecule has 0 amide bonds. The highest BCUT2D eigenvalue weighted by molar-refractivity contribution is 6.29. The zero-order valence-corrected chi connectivity index (χ0v) is 12.6. The average molecular weight is 306 g/mol. The van der Waals surface area contributed by atoms with Crippen molar-refractivity contribution < 1.29 is 9.53 Å². The van der Waals surface area contributed by atoms with Gasteiger partial charge in [0.25, 0.3) is 0 Å². The monoisotopic (exact) mass is 305 g/mol. The van der Waals surface area contributed by atoms with Crippen molar-refractivity contribution in [1.82, 2.24) is 9.97 Å². The molecular weight excluding hydrogens is 290 g/mol. The maximum absolute atomic E-state index is 11.5. The molecule has 0 aliphatic heterocycles. The Kier molecular flexibility index (Phi) is 5.11. The summed E-state index contributed by atoms with van der Waals surface area (Å²) < 4.78 is 4.88. The second kappa shape index (κ2) is 7.04. The summed E-state index contributed by atoms with van der Waals surface area (Å²) in [5.74, 6) is -0.415. The van der Waals surface area contributed by atoms with Crippen LogP contribution in [0, 0.1) is 6.92 Å². The van der Waals surface area contributed by atoms with Crippen molar-refractivity contribution in [3.63, 3.8) is 0 Å². The highest BCUT2D eigenvalue weighted by Gasteiger charge is 2.07. The van der Waals surface area contributed by atoms with E-state index in [9.17, 15) is 4.79 Å². The first-order valence-corrected chi connectivity index (χ1v) is 6.97. The van der Waals surface area contributed by atoms with Gasteiger partial charge in [-0.05, 0) is 37.6 Å². The molecule has 0 aliphatic rings. The topological polar surface area (TPSA) is 64.1 Å². The number of nitrogens with zero attached hydrogens (tertiary/aromatic N) is 2. The van der Waals surface area contributed by atoms with Crippen molar-refractivity contribution in [3.8, 4) is 0 Å². The molecule has 6 heteroatoms. The van der Waals surface area contributed by atoms with Gasteiger partial charge >= 0.3 is 5.97 Å². The SMILES string of the molecule is CCOC(=O)c1ccc(NCc2ccc(Cl)nc2C)cn1. The standard InChI is InChI=1S/C15H16ClN3O2/c1-3-21-15(20)13-6-5-12(9-18-13)17-8-11-4-7-14(16)19-10(11)2/h4-7,9,17H,3,8H2,1-2H3. The van der Waals surface area contributed by atoms with E-state index in [0.717, 1.165) is 16.9 Å². The predicted octanol–water partition coefficient (Wildman–Crippen LogP) is 3.23. The van der Waals surface area contributed by atoms with Crippen molar-refractivity contribution in [2.24, 2.45) is 0 Å². The summed E-state index contributed by atoms with van der Waals surface area (Å²) in [7, 11) is 0. The van der Waals surface area contributed by atoms with Crippen molar-refractivity contribution in [1.29, 1.82) is 0 Å². The number of aromatic nitrogens is 2. The number of hydrogen-bond acceptors (Lipinski definition) is 5. The van der Waals surface area contributed by atoms with E-state index >= 15 is 0 Å². The number of anilines is 1. The number of carbonyl (C=O) groups excluding carboxylic acids is 1. The van der Waals surface area contributed by atoms with Crippen LogP contribution in [0.2, 0.25) is 5.15 Å². The smallest absolute Gasteiger partial charge is 0.356 e. The zero-order valence-electron chi connectivity index (χ0n) is 11.9. The van der Waals surface area contributed by atoms with E-state index in [-0.39, 0.29) is 0 Å². The van der Waals surface area contributed by atoms with Gasteiger partial charge in [-0.3, -0.25) is 0 Å². The second-order valence-electron chi connectivity index (χ2n) is 4.38. The van der Waals surface area contributed by atoms with Gasteiger partial charge < -0.3 is 10.1 Å². The summed E-state index contributed by atoms with van der Waals surface area (Å²) in [5.41, 5.74) is 3.05. The molecule has 0 bridgehead atoms. The van der Waals surface area contributed by atoms with Crippen LogP contribution in [0.15, 0.2) is 30.5 Å². The number of esters is 1. The first-order valence-electron chi connectivity index (χ1n) is 6.59. The number of aryl methyl sites for hydroxylation is 1. The molecule has 0 fully saturated rings. The number of ether oxygens (including phenoxy) is 1. The van der Waals surface area contributed by atoms with Gasteiger partial charge in [0.1, 0.15) is 10.8 Å². The van der Waals surface area contributed by atoms with Crippen LogP contribution in [0.3, 0.4) is 0 Å². The molecule has 0 unspecified atom stereocenters. The fraction of sp³-hybridized carbons (Fsp3) is 0.267. The van der Waals surface area contributed by atoms with E-state index in [0.29, 0.717) is 24.0 Å². The van der Waals surface area contributed by atoms with Crippen LogP contribution < -0.4 is 5.32 Å². The molecule has 110 valence electrons. The molecule has 0 aromatic carbocycles. The number of rotatable bonds is 5. The Morgan fingerprint density at radius 3 is 2.76 bits per heavy atom. The van der Waals surface area contributed by atoms with Crippen LogP contribution in [-0.2, 0) is 11.3 Å². The maximum atomic E-state index is 11.5. The van der Waals surface area contributed by atoms with Crippen molar-refractivity contribution >= 4 is 23.3 Å². The molecule has 0 aliphatic carbocycles. The Hall–Kier alpha value is -2.14. The minimum Gasteiger partial charge on any atom is -0.461 e. The summed E-state index contributed by atoms with van der Waals surface area (Å²) in [6.45, 7) is 4.61. The van der Waals surface area contributed by atoms with Gasteiger partial charge in [-0.2, -0.15) is 0 Å². The molecule has 5 nitrogen and oxygen atoms in total. The van der Waals surface area contributed by atoms with Crippen LogP contribution in [-0.4, -0.2) is 22.5 Å². The van der Waals surface area contributed by atoms with Crippen LogP contribution >= 0.6 is 11.6 Å². The Morgan fingerprint density at radius 2 is 2.14 bits per heavy atom. The number of pyridine rings is 2. The second-order valence-corrected chi connectivity index (χ2v) is 4.77. The largest absolute Gasteiger partial charge is 0.461 e. The van der Waals surface area contributed by atoms with Crippen LogP contribution in [0.5, 0.6) is 0 Å². The fourth-order valence-corrected chi connectivity index (χ4v) is 1.96. The van der Waals surface area contributed by atoms with E-state index in [2.05, 4.69) is 15.3 Å². The normalized spacial score (nSPS) is 10.2. The fourth-order valence-electron chi connectivity index (χ4n) is 1.77. The number of hydrogen-bond donors (Lipinski definition) is 1. The van der Waals surface area contributed by atoms with E-state index in [4.69, 9.17) is 16.3 Å². The third-order valence-electron chi connectivity index (χ3n) is 2.89. The minimum absolute atomic E-state index is 0.298. The Balaban J connectivity index is 1.99. The van der Waals surface area contributed by atoms with Gasteiger partial charge in [-0.25, -0.2) is 14.8 Å². The van der Waals surface area contributed by atoms with Crippen LogP contribution in [0.4, 0.5) is 5.69 Å². The lowest BCUT2D eigenvalue weighted by Crippen LogP contribution is -2.08. The van der Waals surface area contributed by atoms with Gasteiger partial charge in [0, 0.05) is 12.2 Å². The van der Waals surface area contributed by atoms with Crippen molar-refractivity contribution in [3.05, 3.63) is 52.6 Å². The van der Waals surface area contributed by atoms with E-state index in [1.165, 1.54) is 0 Å². The molecule has 2 rings (SSSR count). The quantitative estimate of drug-likeness (QED) is 0.678. The minimum atomic E-state index is -0.415. The number of halogens is 1. The maximum Gasteiger partial charge on any atom is 0.356 e. The molecule has 2 heterocycles. The molecule has 0 radical (unpaired) electrons. The van der Waals surface area contributed by atoms with Crippen molar-refractivity contribution in [2.45, 2.75) is 20.4 Å². The first kappa shape index (κ1) is 15.3. The summed E-state index contributed by atoms with van der Waals surface area (Å²) >= 11 is 5.82. The molecular formula is C15H16ClN3O2. The molecule has 0 saturated carbocycles. The van der Waals surface area contributed by atoms with Gasteiger partial charge in [0.2, 0.25) is 0 Å². The Bertz CT molecular complexity index is 629. The number of nitrogens with one attached hydrogen (secondary N) is 1. The zero-order chi connectivity index (χ0) is 15.2. The van der Waals surface area contributed by atoms with Gasteiger partial charge in [-0.15, -0.1) is 0 Å². The molecule has 21 heavy (non-hydrogen) atoms. The average Bonchev–Trinajstić information content (AvgIpc) is 2.47. The summed E-state index contributed by atoms with van der Waals surface area (Å²) in [6, 6.07) is 7.11. The van der Waals surface area contributed by atoms with Gasteiger partial charge in [0.15, 0.2) is 0 Å². The molecule has 0 saturated heterocycles. The van der Waals surface area contributed by atoms with E-state index < -0.39 is 5.97 Å². The summed E-state index contributed by atoms with van der Waals surface area (Å²) in [4.78, 5) is 19.8.